The average Bonchev–Trinajstić information content (AvgIpc) is 2.29. The summed E-state index contributed by atoms with van der Waals surface area (Å²) in [7, 11) is 1.53. The molecule has 1 amide bonds. The van der Waals surface area contributed by atoms with Gasteiger partial charge in [0.15, 0.2) is 0 Å². The van der Waals surface area contributed by atoms with Crippen molar-refractivity contribution in [3.8, 4) is 0 Å². The van der Waals surface area contributed by atoms with Gasteiger partial charge in [-0.2, -0.15) is 0 Å². The van der Waals surface area contributed by atoms with E-state index in [0.29, 0.717) is 18.2 Å². The van der Waals surface area contributed by atoms with Crippen molar-refractivity contribution in [1.82, 2.24) is 0 Å². The van der Waals surface area contributed by atoms with Gasteiger partial charge >= 0.3 is 0 Å². The molecule has 0 aromatic heterocycles. The van der Waals surface area contributed by atoms with Gasteiger partial charge in [0.2, 0.25) is 5.91 Å². The van der Waals surface area contributed by atoms with Crippen LogP contribution in [0.4, 0.5) is 10.1 Å². The van der Waals surface area contributed by atoms with E-state index in [-0.39, 0.29) is 12.3 Å². The Balaban J connectivity index is 2.42. The molecule has 0 aliphatic carbocycles. The second-order valence-electron chi connectivity index (χ2n) is 3.22. The lowest BCUT2D eigenvalue weighted by Gasteiger charge is -2.07. The van der Waals surface area contributed by atoms with Crippen LogP contribution in [0.1, 0.15) is 0 Å². The molecule has 4 nitrogen and oxygen atoms in total. The van der Waals surface area contributed by atoms with Crippen molar-refractivity contribution in [3.63, 3.8) is 0 Å². The van der Waals surface area contributed by atoms with Crippen LogP contribution in [0.5, 0.6) is 0 Å². The highest BCUT2D eigenvalue weighted by atomic mass is 35.5. The van der Waals surface area contributed by atoms with Crippen LogP contribution >= 0.6 is 11.6 Å². The van der Waals surface area contributed by atoms with E-state index < -0.39 is 11.7 Å². The van der Waals surface area contributed by atoms with E-state index in [9.17, 15) is 9.18 Å². The monoisotopic (exact) mass is 261 g/mol. The molecule has 17 heavy (non-hydrogen) atoms. The number of methoxy groups -OCH3 is 1. The van der Waals surface area contributed by atoms with Crippen molar-refractivity contribution < 1.29 is 18.7 Å². The van der Waals surface area contributed by atoms with Crippen LogP contribution in [0.15, 0.2) is 18.2 Å². The Hall–Kier alpha value is -1.17. The number of benzene rings is 1. The van der Waals surface area contributed by atoms with Crippen LogP contribution in [0.3, 0.4) is 0 Å². The van der Waals surface area contributed by atoms with Gasteiger partial charge in [-0.1, -0.05) is 11.6 Å². The van der Waals surface area contributed by atoms with Crippen LogP contribution in [0.25, 0.3) is 0 Å². The molecule has 94 valence electrons. The van der Waals surface area contributed by atoms with Crippen molar-refractivity contribution in [1.29, 1.82) is 0 Å². The standard InChI is InChI=1S/C11H13ClFNO3/c1-16-4-5-17-7-11(15)14-10-6-8(12)2-3-9(10)13/h2-3,6H,4-5,7H2,1H3,(H,14,15). The van der Waals surface area contributed by atoms with E-state index in [4.69, 9.17) is 21.1 Å². The summed E-state index contributed by atoms with van der Waals surface area (Å²) in [5.41, 5.74) is 0.0397. The molecule has 0 radical (unpaired) electrons. The van der Waals surface area contributed by atoms with E-state index in [0.717, 1.165) is 0 Å². The molecule has 0 atom stereocenters. The summed E-state index contributed by atoms with van der Waals surface area (Å²) in [5, 5.41) is 2.71. The van der Waals surface area contributed by atoms with Gasteiger partial charge in [0.25, 0.3) is 0 Å². The van der Waals surface area contributed by atoms with Gasteiger partial charge in [-0.25, -0.2) is 4.39 Å². The second-order valence-corrected chi connectivity index (χ2v) is 3.65. The number of ether oxygens (including phenoxy) is 2. The molecule has 0 saturated heterocycles. The number of amides is 1. The Morgan fingerprint density at radius 1 is 1.47 bits per heavy atom. The quantitative estimate of drug-likeness (QED) is 0.798. The van der Waals surface area contributed by atoms with E-state index in [2.05, 4.69) is 5.32 Å². The Morgan fingerprint density at radius 2 is 2.24 bits per heavy atom. The Morgan fingerprint density at radius 3 is 2.94 bits per heavy atom. The summed E-state index contributed by atoms with van der Waals surface area (Å²) in [6, 6.07) is 3.93. The highest BCUT2D eigenvalue weighted by molar-refractivity contribution is 6.30. The Bertz CT molecular complexity index is 387. The second kappa shape index (κ2) is 7.21. The number of carbonyl (C=O) groups is 1. The third kappa shape index (κ3) is 5.12. The summed E-state index contributed by atoms with van der Waals surface area (Å²) in [6.07, 6.45) is 0. The molecule has 0 bridgehead atoms. The fourth-order valence-corrected chi connectivity index (χ4v) is 1.26. The molecule has 0 saturated carbocycles. The fraction of sp³-hybridized carbons (Fsp3) is 0.364. The lowest BCUT2D eigenvalue weighted by molar-refractivity contribution is -0.121. The molecule has 0 heterocycles. The highest BCUT2D eigenvalue weighted by Crippen LogP contribution is 2.19. The average molecular weight is 262 g/mol. The van der Waals surface area contributed by atoms with Gasteiger partial charge in [-0.3, -0.25) is 4.79 Å². The SMILES string of the molecule is COCCOCC(=O)Nc1cc(Cl)ccc1F. The van der Waals surface area contributed by atoms with Crippen LogP contribution in [0, 0.1) is 5.82 Å². The normalized spacial score (nSPS) is 10.3. The predicted molar refractivity (Wildman–Crippen MR) is 62.7 cm³/mol. The first-order chi connectivity index (χ1) is 8.13. The summed E-state index contributed by atoms with van der Waals surface area (Å²) >= 11 is 5.68. The fourth-order valence-electron chi connectivity index (χ4n) is 1.09. The molecule has 1 N–H and O–H groups in total. The maximum Gasteiger partial charge on any atom is 0.250 e. The zero-order chi connectivity index (χ0) is 12.7. The van der Waals surface area contributed by atoms with Crippen molar-refractivity contribution >= 4 is 23.2 Å². The number of carbonyl (C=O) groups excluding carboxylic acids is 1. The van der Waals surface area contributed by atoms with Crippen molar-refractivity contribution in [2.24, 2.45) is 0 Å². The summed E-state index contributed by atoms with van der Waals surface area (Å²) < 4.78 is 23.0. The summed E-state index contributed by atoms with van der Waals surface area (Å²) in [6.45, 7) is 0.552. The highest BCUT2D eigenvalue weighted by Gasteiger charge is 2.07. The van der Waals surface area contributed by atoms with Crippen molar-refractivity contribution in [2.75, 3.05) is 32.2 Å². The van der Waals surface area contributed by atoms with Crippen LogP contribution in [-0.4, -0.2) is 32.8 Å². The van der Waals surface area contributed by atoms with E-state index >= 15 is 0 Å². The first-order valence-corrected chi connectivity index (χ1v) is 5.33. The molecular weight excluding hydrogens is 249 g/mol. The molecular formula is C11H13ClFNO3. The van der Waals surface area contributed by atoms with E-state index in [1.54, 1.807) is 0 Å². The predicted octanol–water partition coefficient (Wildman–Crippen LogP) is 2.08. The summed E-state index contributed by atoms with van der Waals surface area (Å²) in [4.78, 5) is 11.4. The number of halogens is 2. The van der Waals surface area contributed by atoms with Gasteiger partial charge in [-0.15, -0.1) is 0 Å². The van der Waals surface area contributed by atoms with Gasteiger partial charge < -0.3 is 14.8 Å². The number of rotatable bonds is 6. The zero-order valence-corrected chi connectivity index (χ0v) is 10.1. The minimum atomic E-state index is -0.542. The van der Waals surface area contributed by atoms with Gasteiger partial charge in [0.05, 0.1) is 18.9 Å². The van der Waals surface area contributed by atoms with Crippen LogP contribution in [0.2, 0.25) is 5.02 Å². The lowest BCUT2D eigenvalue weighted by Crippen LogP contribution is -2.20. The van der Waals surface area contributed by atoms with Gasteiger partial charge in [-0.05, 0) is 18.2 Å². The van der Waals surface area contributed by atoms with Crippen LogP contribution < -0.4 is 5.32 Å². The molecule has 0 fully saturated rings. The molecule has 1 rings (SSSR count). The van der Waals surface area contributed by atoms with Gasteiger partial charge in [0.1, 0.15) is 12.4 Å². The molecule has 1 aromatic carbocycles. The molecule has 0 aliphatic rings. The largest absolute Gasteiger partial charge is 0.382 e. The topological polar surface area (TPSA) is 47.6 Å². The van der Waals surface area contributed by atoms with Gasteiger partial charge in [0, 0.05) is 12.1 Å². The molecule has 0 aliphatic heterocycles. The lowest BCUT2D eigenvalue weighted by atomic mass is 10.3. The third-order valence-electron chi connectivity index (χ3n) is 1.87. The van der Waals surface area contributed by atoms with Crippen molar-refractivity contribution in [2.45, 2.75) is 0 Å². The first-order valence-electron chi connectivity index (χ1n) is 4.95. The van der Waals surface area contributed by atoms with E-state index in [1.807, 2.05) is 0 Å². The minimum absolute atomic E-state index is 0.0397. The van der Waals surface area contributed by atoms with Crippen LogP contribution in [-0.2, 0) is 14.3 Å². The van der Waals surface area contributed by atoms with Crippen molar-refractivity contribution in [3.05, 3.63) is 29.0 Å². The molecule has 6 heteroatoms. The number of hydrogen-bond donors (Lipinski definition) is 1. The first kappa shape index (κ1) is 13.9. The maximum atomic E-state index is 13.2. The number of nitrogens with one attached hydrogen (secondary N) is 1. The molecule has 0 unspecified atom stereocenters. The summed E-state index contributed by atoms with van der Waals surface area (Å²) in [5.74, 6) is -0.984. The Kier molecular flexibility index (Phi) is 5.90. The Labute approximate surface area is 104 Å². The van der Waals surface area contributed by atoms with E-state index in [1.165, 1.54) is 25.3 Å². The zero-order valence-electron chi connectivity index (χ0n) is 9.33. The maximum absolute atomic E-state index is 13.2. The molecule has 1 aromatic rings. The third-order valence-corrected chi connectivity index (χ3v) is 2.10. The number of anilines is 1. The minimum Gasteiger partial charge on any atom is -0.382 e. The molecule has 0 spiro atoms. The smallest absolute Gasteiger partial charge is 0.250 e. The number of hydrogen-bond acceptors (Lipinski definition) is 3.